The second-order valence-corrected chi connectivity index (χ2v) is 6.08. The molecule has 0 aromatic carbocycles. The lowest BCUT2D eigenvalue weighted by atomic mass is 9.89. The number of unbranched alkanes of at least 4 members (excludes halogenated alkanes) is 1. The Morgan fingerprint density at radius 1 is 1.06 bits per heavy atom. The van der Waals surface area contributed by atoms with Crippen molar-refractivity contribution in [1.82, 2.24) is 4.90 Å². The van der Waals surface area contributed by atoms with Crippen LogP contribution in [0.5, 0.6) is 0 Å². The van der Waals surface area contributed by atoms with Crippen LogP contribution in [-0.4, -0.2) is 35.1 Å². The van der Waals surface area contributed by atoms with Crippen LogP contribution in [0.15, 0.2) is 0 Å². The van der Waals surface area contributed by atoms with Gasteiger partial charge in [0.15, 0.2) is 0 Å². The van der Waals surface area contributed by atoms with Gasteiger partial charge in [-0.3, -0.25) is 4.79 Å². The first-order valence-corrected chi connectivity index (χ1v) is 7.71. The predicted molar refractivity (Wildman–Crippen MR) is 72.7 cm³/mol. The molecule has 1 N–H and O–H groups in total. The molecule has 0 bridgehead atoms. The van der Waals surface area contributed by atoms with Crippen molar-refractivity contribution < 1.29 is 9.90 Å². The highest BCUT2D eigenvalue weighted by atomic mass is 16.4. The van der Waals surface area contributed by atoms with Gasteiger partial charge < -0.3 is 10.0 Å². The van der Waals surface area contributed by atoms with Crippen LogP contribution in [0.25, 0.3) is 0 Å². The summed E-state index contributed by atoms with van der Waals surface area (Å²) in [4.78, 5) is 13.1. The maximum absolute atomic E-state index is 10.5. The fraction of sp³-hybridized carbons (Fsp3) is 0.933. The minimum absolute atomic E-state index is 0.335. The van der Waals surface area contributed by atoms with E-state index in [0.717, 1.165) is 31.3 Å². The van der Waals surface area contributed by atoms with Gasteiger partial charge >= 0.3 is 5.97 Å². The molecular formula is C15H27NO2. The molecule has 2 saturated carbocycles. The Morgan fingerprint density at radius 2 is 1.78 bits per heavy atom. The van der Waals surface area contributed by atoms with E-state index in [1.54, 1.807) is 0 Å². The lowest BCUT2D eigenvalue weighted by molar-refractivity contribution is -0.137. The number of carboxylic acid groups (broad SMARTS) is 1. The van der Waals surface area contributed by atoms with Crippen LogP contribution in [0.2, 0.25) is 0 Å². The summed E-state index contributed by atoms with van der Waals surface area (Å²) in [5.41, 5.74) is 0. The third kappa shape index (κ3) is 4.97. The highest BCUT2D eigenvalue weighted by Crippen LogP contribution is 2.31. The molecule has 0 saturated heterocycles. The van der Waals surface area contributed by atoms with Crippen LogP contribution in [0.1, 0.15) is 64.2 Å². The molecule has 2 fully saturated rings. The maximum atomic E-state index is 10.5. The van der Waals surface area contributed by atoms with E-state index in [-0.39, 0.29) is 0 Å². The Bertz CT molecular complexity index is 257. The van der Waals surface area contributed by atoms with Crippen molar-refractivity contribution >= 4 is 5.97 Å². The largest absolute Gasteiger partial charge is 0.481 e. The van der Waals surface area contributed by atoms with Gasteiger partial charge in [0.25, 0.3) is 0 Å². The molecule has 0 radical (unpaired) electrons. The standard InChI is InChI=1S/C15H27NO2/c17-15(18)8-4-5-11-16(14-9-10-14)12-13-6-2-1-3-7-13/h13-14H,1-12H2,(H,17,18). The third-order valence-corrected chi connectivity index (χ3v) is 4.37. The number of carboxylic acids is 1. The van der Waals surface area contributed by atoms with Gasteiger partial charge in [0.2, 0.25) is 0 Å². The van der Waals surface area contributed by atoms with Gasteiger partial charge in [-0.2, -0.15) is 0 Å². The van der Waals surface area contributed by atoms with Crippen LogP contribution >= 0.6 is 0 Å². The highest BCUT2D eigenvalue weighted by Gasteiger charge is 2.30. The molecular weight excluding hydrogens is 226 g/mol. The van der Waals surface area contributed by atoms with Gasteiger partial charge in [-0.1, -0.05) is 19.3 Å². The zero-order chi connectivity index (χ0) is 12.8. The fourth-order valence-corrected chi connectivity index (χ4v) is 3.16. The number of aliphatic carboxylic acids is 1. The second kappa shape index (κ2) is 7.13. The van der Waals surface area contributed by atoms with E-state index >= 15 is 0 Å². The summed E-state index contributed by atoms with van der Waals surface area (Å²) in [6.45, 7) is 2.40. The molecule has 2 rings (SSSR count). The molecule has 2 aliphatic carbocycles. The molecule has 0 heterocycles. The maximum Gasteiger partial charge on any atom is 0.303 e. The quantitative estimate of drug-likeness (QED) is 0.675. The van der Waals surface area contributed by atoms with E-state index in [1.165, 1.54) is 51.5 Å². The number of nitrogens with zero attached hydrogens (tertiary/aromatic N) is 1. The van der Waals surface area contributed by atoms with Gasteiger partial charge in [0.1, 0.15) is 0 Å². The topological polar surface area (TPSA) is 40.5 Å². The minimum Gasteiger partial charge on any atom is -0.481 e. The zero-order valence-corrected chi connectivity index (χ0v) is 11.4. The molecule has 0 amide bonds. The Hall–Kier alpha value is -0.570. The molecule has 0 spiro atoms. The Morgan fingerprint density at radius 3 is 2.39 bits per heavy atom. The number of hydrogen-bond acceptors (Lipinski definition) is 2. The Labute approximate surface area is 111 Å². The molecule has 104 valence electrons. The van der Waals surface area contributed by atoms with Gasteiger partial charge in [-0.15, -0.1) is 0 Å². The van der Waals surface area contributed by atoms with Gasteiger partial charge in [0.05, 0.1) is 0 Å². The average Bonchev–Trinajstić information content (AvgIpc) is 3.18. The zero-order valence-electron chi connectivity index (χ0n) is 11.4. The summed E-state index contributed by atoms with van der Waals surface area (Å²) in [6, 6.07) is 0.830. The molecule has 2 aliphatic rings. The summed E-state index contributed by atoms with van der Waals surface area (Å²) in [7, 11) is 0. The summed E-state index contributed by atoms with van der Waals surface area (Å²) in [6.07, 6.45) is 12.1. The summed E-state index contributed by atoms with van der Waals surface area (Å²) < 4.78 is 0. The number of rotatable bonds is 8. The minimum atomic E-state index is -0.653. The first-order chi connectivity index (χ1) is 8.75. The predicted octanol–water partition coefficient (Wildman–Crippen LogP) is 3.29. The van der Waals surface area contributed by atoms with Crippen LogP contribution in [0.3, 0.4) is 0 Å². The molecule has 0 aromatic heterocycles. The lowest BCUT2D eigenvalue weighted by Crippen LogP contribution is -2.33. The SMILES string of the molecule is O=C(O)CCCCN(CC1CCCCC1)C1CC1. The first kappa shape index (κ1) is 13.9. The Kier molecular flexibility index (Phi) is 5.48. The van der Waals surface area contributed by atoms with Crippen LogP contribution < -0.4 is 0 Å². The van der Waals surface area contributed by atoms with E-state index < -0.39 is 5.97 Å². The summed E-state index contributed by atoms with van der Waals surface area (Å²) in [5, 5.41) is 8.65. The number of carbonyl (C=O) groups is 1. The monoisotopic (exact) mass is 253 g/mol. The third-order valence-electron chi connectivity index (χ3n) is 4.37. The van der Waals surface area contributed by atoms with Gasteiger partial charge in [-0.05, 0) is 51.0 Å². The van der Waals surface area contributed by atoms with Crippen LogP contribution in [0.4, 0.5) is 0 Å². The van der Waals surface area contributed by atoms with Crippen molar-refractivity contribution in [2.45, 2.75) is 70.3 Å². The van der Waals surface area contributed by atoms with Crippen molar-refractivity contribution in [1.29, 1.82) is 0 Å². The lowest BCUT2D eigenvalue weighted by Gasteiger charge is -2.29. The van der Waals surface area contributed by atoms with Gasteiger partial charge in [-0.25, -0.2) is 0 Å². The highest BCUT2D eigenvalue weighted by molar-refractivity contribution is 5.66. The van der Waals surface area contributed by atoms with E-state index in [1.807, 2.05) is 0 Å². The number of hydrogen-bond donors (Lipinski definition) is 1. The van der Waals surface area contributed by atoms with E-state index in [4.69, 9.17) is 5.11 Å². The van der Waals surface area contributed by atoms with E-state index in [0.29, 0.717) is 6.42 Å². The molecule has 0 atom stereocenters. The van der Waals surface area contributed by atoms with Crippen molar-refractivity contribution in [3.63, 3.8) is 0 Å². The molecule has 18 heavy (non-hydrogen) atoms. The van der Waals surface area contributed by atoms with Crippen molar-refractivity contribution in [2.75, 3.05) is 13.1 Å². The van der Waals surface area contributed by atoms with Crippen molar-refractivity contribution in [3.8, 4) is 0 Å². The fourth-order valence-electron chi connectivity index (χ4n) is 3.16. The normalized spacial score (nSPS) is 21.4. The smallest absolute Gasteiger partial charge is 0.303 e. The molecule has 3 nitrogen and oxygen atoms in total. The first-order valence-electron chi connectivity index (χ1n) is 7.71. The summed E-state index contributed by atoms with van der Waals surface area (Å²) in [5.74, 6) is 0.263. The Balaban J connectivity index is 1.65. The molecule has 0 aromatic rings. The molecule has 0 unspecified atom stereocenters. The molecule has 3 heteroatoms. The molecule has 0 aliphatic heterocycles. The van der Waals surface area contributed by atoms with E-state index in [9.17, 15) is 4.79 Å². The average molecular weight is 253 g/mol. The second-order valence-electron chi connectivity index (χ2n) is 6.08. The van der Waals surface area contributed by atoms with Crippen LogP contribution in [0, 0.1) is 5.92 Å². The van der Waals surface area contributed by atoms with E-state index in [2.05, 4.69) is 4.90 Å². The summed E-state index contributed by atoms with van der Waals surface area (Å²) >= 11 is 0. The van der Waals surface area contributed by atoms with Crippen molar-refractivity contribution in [2.24, 2.45) is 5.92 Å². The van der Waals surface area contributed by atoms with Gasteiger partial charge in [0, 0.05) is 19.0 Å². The van der Waals surface area contributed by atoms with Crippen LogP contribution in [-0.2, 0) is 4.79 Å². The van der Waals surface area contributed by atoms with Crippen molar-refractivity contribution in [3.05, 3.63) is 0 Å².